The summed E-state index contributed by atoms with van der Waals surface area (Å²) >= 11 is 0. The number of aliphatic hydroxyl groups excluding tert-OH is 1. The highest BCUT2D eigenvalue weighted by atomic mass is 31.2. The molecule has 11 heteroatoms. The van der Waals surface area contributed by atoms with Crippen LogP contribution in [0.25, 0.3) is 0 Å². The van der Waals surface area contributed by atoms with Gasteiger partial charge in [0, 0.05) is 12.8 Å². The van der Waals surface area contributed by atoms with Gasteiger partial charge in [-0.25, -0.2) is 4.57 Å². The van der Waals surface area contributed by atoms with E-state index in [1.54, 1.807) is 0 Å². The van der Waals surface area contributed by atoms with E-state index >= 15 is 0 Å². The van der Waals surface area contributed by atoms with Crippen molar-refractivity contribution in [2.24, 2.45) is 0 Å². The fourth-order valence-electron chi connectivity index (χ4n) is 5.96. The molecule has 1 heterocycles. The number of carbonyl (C=O) groups is 2. The van der Waals surface area contributed by atoms with Gasteiger partial charge in [0.25, 0.3) is 0 Å². The van der Waals surface area contributed by atoms with E-state index in [1.807, 2.05) is 0 Å². The van der Waals surface area contributed by atoms with Crippen molar-refractivity contribution in [1.82, 2.24) is 0 Å². The number of unbranched alkanes of at least 4 members (excludes halogenated alkanes) is 24. The second-order valence-electron chi connectivity index (χ2n) is 14.3. The minimum Gasteiger partial charge on any atom is -0.462 e. The Hall–Kier alpha value is -1.03. The Kier molecular flexibility index (Phi) is 30.6. The zero-order chi connectivity index (χ0) is 36.5. The highest BCUT2D eigenvalue weighted by Gasteiger charge is 2.34. The monoisotopic (exact) mass is 735 g/mol. The van der Waals surface area contributed by atoms with Crippen LogP contribution in [0.5, 0.6) is 0 Å². The van der Waals surface area contributed by atoms with Gasteiger partial charge in [0.1, 0.15) is 18.8 Å². The molecule has 0 aromatic carbocycles. The number of ether oxygens (including phenoxy) is 3. The van der Waals surface area contributed by atoms with Crippen molar-refractivity contribution >= 4 is 19.8 Å². The van der Waals surface area contributed by atoms with Crippen molar-refractivity contribution in [3.63, 3.8) is 0 Å². The van der Waals surface area contributed by atoms with Crippen molar-refractivity contribution in [1.29, 1.82) is 0 Å². The van der Waals surface area contributed by atoms with Gasteiger partial charge in [0.05, 0.1) is 19.8 Å². The number of esters is 2. The van der Waals surface area contributed by atoms with Crippen LogP contribution in [0, 0.1) is 0 Å². The number of phosphoric ester groups is 1. The van der Waals surface area contributed by atoms with Gasteiger partial charge in [0.2, 0.25) is 0 Å². The number of aliphatic hydroxyl groups is 1. The quantitative estimate of drug-likeness (QED) is 0.0272. The Balaban J connectivity index is 2.27. The molecule has 2 N–H and O–H groups in total. The van der Waals surface area contributed by atoms with Crippen molar-refractivity contribution in [2.75, 3.05) is 26.4 Å². The molecule has 296 valence electrons. The van der Waals surface area contributed by atoms with Crippen LogP contribution in [0.2, 0.25) is 0 Å². The molecule has 4 atom stereocenters. The Morgan fingerprint density at radius 2 is 0.960 bits per heavy atom. The van der Waals surface area contributed by atoms with Crippen LogP contribution in [-0.2, 0) is 37.4 Å². The topological polar surface area (TPSA) is 141 Å². The first-order valence-corrected chi connectivity index (χ1v) is 22.0. The Morgan fingerprint density at radius 3 is 1.36 bits per heavy atom. The summed E-state index contributed by atoms with van der Waals surface area (Å²) in [6, 6.07) is 0. The highest BCUT2D eigenvalue weighted by Crippen LogP contribution is 2.43. The number of phosphoric acid groups is 1. The molecule has 0 saturated carbocycles. The summed E-state index contributed by atoms with van der Waals surface area (Å²) in [5.74, 6) is -0.870. The number of hydrogen-bond acceptors (Lipinski definition) is 9. The smallest absolute Gasteiger partial charge is 0.462 e. The van der Waals surface area contributed by atoms with Gasteiger partial charge in [-0.15, -0.1) is 0 Å². The second-order valence-corrected chi connectivity index (χ2v) is 15.7. The fourth-order valence-corrected chi connectivity index (χ4v) is 6.73. The Labute approximate surface area is 305 Å². The lowest BCUT2D eigenvalue weighted by Crippen LogP contribution is -2.30. The van der Waals surface area contributed by atoms with Crippen molar-refractivity contribution < 1.29 is 47.4 Å². The maximum Gasteiger partial charge on any atom is 0.472 e. The molecule has 1 unspecified atom stereocenters. The average Bonchev–Trinajstić information content (AvgIpc) is 3.95. The molecule has 0 bridgehead atoms. The van der Waals surface area contributed by atoms with E-state index < -0.39 is 51.3 Å². The minimum absolute atomic E-state index is 0.210. The van der Waals surface area contributed by atoms with Crippen LogP contribution in [0.15, 0.2) is 0 Å². The SMILES string of the molecule is CCCCCCCCCCCCCCCC(=O)OC[C@H](COP(=O)(O)OC[C@@H](O)[C@H]1CO1)OC(=O)CCCCCCCCCCCCCCC. The zero-order valence-electron chi connectivity index (χ0n) is 32.0. The molecule has 0 aromatic heterocycles. The van der Waals surface area contributed by atoms with E-state index in [2.05, 4.69) is 13.8 Å². The molecule has 0 aromatic rings. The maximum atomic E-state index is 12.6. The van der Waals surface area contributed by atoms with Crippen LogP contribution in [-0.4, -0.2) is 66.7 Å². The largest absolute Gasteiger partial charge is 0.472 e. The van der Waals surface area contributed by atoms with Gasteiger partial charge >= 0.3 is 19.8 Å². The number of rotatable bonds is 38. The predicted molar refractivity (Wildman–Crippen MR) is 199 cm³/mol. The Bertz CT molecular complexity index is 853. The first-order valence-electron chi connectivity index (χ1n) is 20.5. The van der Waals surface area contributed by atoms with Crippen LogP contribution >= 0.6 is 7.82 Å². The molecule has 0 amide bonds. The normalized spacial score (nSPS) is 16.5. The van der Waals surface area contributed by atoms with E-state index in [4.69, 9.17) is 23.3 Å². The standard InChI is InChI=1S/C39H75O10P/c1-3-5-7-9-11-13-15-17-19-21-23-25-27-29-38(41)46-31-35(32-47-50(43,44)48-33-36(40)37-34-45-37)49-39(42)30-28-26-24-22-20-18-16-14-12-10-8-6-4-2/h35-37,40H,3-34H2,1-2H3,(H,43,44)/t35-,36-,37-/m1/s1. The van der Waals surface area contributed by atoms with Crippen molar-refractivity contribution in [3.8, 4) is 0 Å². The predicted octanol–water partition coefficient (Wildman–Crippen LogP) is 10.3. The summed E-state index contributed by atoms with van der Waals surface area (Å²) in [5, 5.41) is 9.84. The third kappa shape index (κ3) is 30.6. The average molecular weight is 735 g/mol. The summed E-state index contributed by atoms with van der Waals surface area (Å²) in [4.78, 5) is 35.1. The molecule has 1 aliphatic heterocycles. The molecular formula is C39H75O10P. The summed E-state index contributed by atoms with van der Waals surface area (Å²) in [6.45, 7) is 3.65. The Morgan fingerprint density at radius 1 is 0.600 bits per heavy atom. The van der Waals surface area contributed by atoms with Gasteiger partial charge in [0.15, 0.2) is 6.10 Å². The third-order valence-electron chi connectivity index (χ3n) is 9.32. The molecule has 1 aliphatic rings. The molecule has 10 nitrogen and oxygen atoms in total. The lowest BCUT2D eigenvalue weighted by atomic mass is 10.0. The molecule has 0 aliphatic carbocycles. The number of carbonyl (C=O) groups excluding carboxylic acids is 2. The van der Waals surface area contributed by atoms with Crippen LogP contribution in [0.3, 0.4) is 0 Å². The van der Waals surface area contributed by atoms with Crippen LogP contribution in [0.1, 0.15) is 194 Å². The summed E-state index contributed by atoms with van der Waals surface area (Å²) in [6.07, 6.45) is 29.4. The summed E-state index contributed by atoms with van der Waals surface area (Å²) < 4.78 is 38.1. The molecule has 0 radical (unpaired) electrons. The van der Waals surface area contributed by atoms with Crippen LogP contribution < -0.4 is 0 Å². The number of hydrogen-bond donors (Lipinski definition) is 2. The lowest BCUT2D eigenvalue weighted by molar-refractivity contribution is -0.161. The van der Waals surface area contributed by atoms with E-state index in [0.29, 0.717) is 13.0 Å². The minimum atomic E-state index is -4.55. The molecule has 50 heavy (non-hydrogen) atoms. The van der Waals surface area contributed by atoms with E-state index in [-0.39, 0.29) is 19.4 Å². The number of epoxide rings is 1. The third-order valence-corrected chi connectivity index (χ3v) is 10.3. The first-order chi connectivity index (χ1) is 24.3. The molecule has 1 fully saturated rings. The summed E-state index contributed by atoms with van der Waals surface area (Å²) in [7, 11) is -4.55. The second kappa shape index (κ2) is 32.6. The fraction of sp³-hybridized carbons (Fsp3) is 0.949. The van der Waals surface area contributed by atoms with Gasteiger partial charge < -0.3 is 24.2 Å². The van der Waals surface area contributed by atoms with Crippen molar-refractivity contribution in [2.45, 2.75) is 212 Å². The van der Waals surface area contributed by atoms with Gasteiger partial charge in [-0.1, -0.05) is 168 Å². The van der Waals surface area contributed by atoms with Gasteiger partial charge in [-0.05, 0) is 12.8 Å². The van der Waals surface area contributed by atoms with E-state index in [0.717, 1.165) is 38.5 Å². The van der Waals surface area contributed by atoms with Crippen LogP contribution in [0.4, 0.5) is 0 Å². The van der Waals surface area contributed by atoms with E-state index in [9.17, 15) is 24.2 Å². The molecule has 1 rings (SSSR count). The van der Waals surface area contributed by atoms with E-state index in [1.165, 1.54) is 122 Å². The zero-order valence-corrected chi connectivity index (χ0v) is 32.9. The molecule has 1 saturated heterocycles. The van der Waals surface area contributed by atoms with Crippen molar-refractivity contribution in [3.05, 3.63) is 0 Å². The maximum absolute atomic E-state index is 12.6. The molecule has 0 spiro atoms. The molecular weight excluding hydrogens is 659 g/mol. The summed E-state index contributed by atoms with van der Waals surface area (Å²) in [5.41, 5.74) is 0. The first kappa shape index (κ1) is 47.0. The lowest BCUT2D eigenvalue weighted by Gasteiger charge is -2.20. The van der Waals surface area contributed by atoms with Gasteiger partial charge in [-0.2, -0.15) is 0 Å². The highest BCUT2D eigenvalue weighted by molar-refractivity contribution is 7.47. The van der Waals surface area contributed by atoms with Gasteiger partial charge in [-0.3, -0.25) is 18.6 Å².